The summed E-state index contributed by atoms with van der Waals surface area (Å²) in [5.41, 5.74) is 9.19. The van der Waals surface area contributed by atoms with E-state index in [2.05, 4.69) is 0 Å². The second kappa shape index (κ2) is 4.80. The van der Waals surface area contributed by atoms with Gasteiger partial charge in [0.1, 0.15) is 5.82 Å². The van der Waals surface area contributed by atoms with Gasteiger partial charge in [-0.2, -0.15) is 13.2 Å². The molecule has 6 heteroatoms. The fourth-order valence-corrected chi connectivity index (χ4v) is 1.48. The third kappa shape index (κ3) is 2.70. The molecule has 1 atom stereocenters. The molecule has 0 saturated carbocycles. The summed E-state index contributed by atoms with van der Waals surface area (Å²) >= 11 is 0. The van der Waals surface area contributed by atoms with Crippen LogP contribution in [-0.2, 0) is 6.18 Å². The highest BCUT2D eigenvalue weighted by Crippen LogP contribution is 2.36. The Morgan fingerprint density at radius 1 is 1.25 bits per heavy atom. The van der Waals surface area contributed by atoms with E-state index in [4.69, 9.17) is 11.5 Å². The second-order valence-corrected chi connectivity index (χ2v) is 3.39. The Balaban J connectivity index is 3.23. The number of halogens is 4. The molecule has 0 fully saturated rings. The molecule has 16 heavy (non-hydrogen) atoms. The largest absolute Gasteiger partial charge is 0.419 e. The molecule has 0 aliphatic carbocycles. The third-order valence-corrected chi connectivity index (χ3v) is 2.21. The average molecular weight is 236 g/mol. The van der Waals surface area contributed by atoms with Crippen molar-refractivity contribution in [1.82, 2.24) is 0 Å². The zero-order valence-corrected chi connectivity index (χ0v) is 8.39. The topological polar surface area (TPSA) is 52.0 Å². The van der Waals surface area contributed by atoms with Gasteiger partial charge < -0.3 is 11.5 Å². The smallest absolute Gasteiger partial charge is 0.330 e. The minimum atomic E-state index is -4.74. The van der Waals surface area contributed by atoms with Crippen LogP contribution in [0, 0.1) is 5.82 Å². The monoisotopic (exact) mass is 236 g/mol. The van der Waals surface area contributed by atoms with Crippen molar-refractivity contribution in [3.63, 3.8) is 0 Å². The lowest BCUT2D eigenvalue weighted by atomic mass is 9.98. The molecule has 90 valence electrons. The number of hydrogen-bond acceptors (Lipinski definition) is 2. The van der Waals surface area contributed by atoms with Crippen LogP contribution < -0.4 is 11.5 Å². The fourth-order valence-electron chi connectivity index (χ4n) is 1.48. The summed E-state index contributed by atoms with van der Waals surface area (Å²) in [6.07, 6.45) is -4.57. The maximum absolute atomic E-state index is 13.1. The van der Waals surface area contributed by atoms with E-state index in [1.54, 1.807) is 0 Å². The lowest BCUT2D eigenvalue weighted by Gasteiger charge is -2.18. The third-order valence-electron chi connectivity index (χ3n) is 2.21. The van der Waals surface area contributed by atoms with Crippen LogP contribution in [-0.4, -0.2) is 6.54 Å². The van der Waals surface area contributed by atoms with E-state index in [9.17, 15) is 17.6 Å². The van der Waals surface area contributed by atoms with E-state index in [1.165, 1.54) is 12.1 Å². The first-order chi connectivity index (χ1) is 7.38. The zero-order valence-electron chi connectivity index (χ0n) is 8.39. The van der Waals surface area contributed by atoms with E-state index in [1.807, 2.05) is 0 Å². The summed E-state index contributed by atoms with van der Waals surface area (Å²) in [5.74, 6) is -1.31. The Labute approximate surface area is 90.2 Å². The van der Waals surface area contributed by atoms with Crippen LogP contribution in [0.3, 0.4) is 0 Å². The van der Waals surface area contributed by atoms with Crippen molar-refractivity contribution < 1.29 is 17.6 Å². The Morgan fingerprint density at radius 3 is 2.38 bits per heavy atom. The van der Waals surface area contributed by atoms with Crippen molar-refractivity contribution in [2.75, 3.05) is 6.54 Å². The summed E-state index contributed by atoms with van der Waals surface area (Å²) in [7, 11) is 0. The molecule has 1 aromatic rings. The van der Waals surface area contributed by atoms with Crippen LogP contribution in [0.25, 0.3) is 0 Å². The molecule has 0 aliphatic rings. The number of alkyl halides is 3. The Hall–Kier alpha value is -1.14. The predicted octanol–water partition coefficient (Wildman–Crippen LogP) is 2.19. The molecule has 0 heterocycles. The maximum atomic E-state index is 13.1. The van der Waals surface area contributed by atoms with Crippen molar-refractivity contribution in [1.29, 1.82) is 0 Å². The number of hydrogen-bond donors (Lipinski definition) is 2. The average Bonchev–Trinajstić information content (AvgIpc) is 2.15. The molecule has 0 aromatic heterocycles. The highest BCUT2D eigenvalue weighted by atomic mass is 19.4. The van der Waals surface area contributed by atoms with Gasteiger partial charge in [0.25, 0.3) is 0 Å². The Morgan fingerprint density at radius 2 is 1.88 bits per heavy atom. The summed E-state index contributed by atoms with van der Waals surface area (Å²) in [4.78, 5) is 0. The standard InChI is InChI=1S/C10H12F4N2/c11-7-3-1-2-6(8(16)4-5-15)9(7)10(12,13)14/h1-3,8H,4-5,15-16H2/t8-/m0/s1. The molecular weight excluding hydrogens is 224 g/mol. The number of rotatable bonds is 3. The first-order valence-corrected chi connectivity index (χ1v) is 4.69. The lowest BCUT2D eigenvalue weighted by molar-refractivity contribution is -0.140. The first-order valence-electron chi connectivity index (χ1n) is 4.69. The number of nitrogens with two attached hydrogens (primary N) is 2. The van der Waals surface area contributed by atoms with Gasteiger partial charge in [-0.25, -0.2) is 4.39 Å². The van der Waals surface area contributed by atoms with Crippen molar-refractivity contribution in [3.8, 4) is 0 Å². The van der Waals surface area contributed by atoms with Crippen molar-refractivity contribution in [3.05, 3.63) is 35.1 Å². The predicted molar refractivity (Wildman–Crippen MR) is 52.0 cm³/mol. The molecule has 1 rings (SSSR count). The van der Waals surface area contributed by atoms with Gasteiger partial charge in [0.15, 0.2) is 0 Å². The normalized spacial score (nSPS) is 13.9. The number of benzene rings is 1. The highest BCUT2D eigenvalue weighted by molar-refractivity contribution is 5.33. The van der Waals surface area contributed by atoms with Crippen LogP contribution in [0.1, 0.15) is 23.6 Å². The minimum absolute atomic E-state index is 0.148. The van der Waals surface area contributed by atoms with Crippen molar-refractivity contribution in [2.45, 2.75) is 18.6 Å². The van der Waals surface area contributed by atoms with Crippen molar-refractivity contribution in [2.24, 2.45) is 11.5 Å². The van der Waals surface area contributed by atoms with Gasteiger partial charge in [-0.3, -0.25) is 0 Å². The molecule has 0 spiro atoms. The molecule has 0 amide bonds. The molecule has 0 radical (unpaired) electrons. The first kappa shape index (κ1) is 12.9. The zero-order chi connectivity index (χ0) is 12.3. The molecule has 0 unspecified atom stereocenters. The highest BCUT2D eigenvalue weighted by Gasteiger charge is 2.37. The van der Waals surface area contributed by atoms with E-state index < -0.39 is 23.6 Å². The lowest BCUT2D eigenvalue weighted by Crippen LogP contribution is -2.21. The fraction of sp³-hybridized carbons (Fsp3) is 0.400. The molecule has 0 aliphatic heterocycles. The van der Waals surface area contributed by atoms with Gasteiger partial charge in [0, 0.05) is 6.04 Å². The van der Waals surface area contributed by atoms with Crippen LogP contribution in [0.5, 0.6) is 0 Å². The molecule has 0 saturated heterocycles. The van der Waals surface area contributed by atoms with E-state index in [-0.39, 0.29) is 18.5 Å². The van der Waals surface area contributed by atoms with Gasteiger partial charge >= 0.3 is 6.18 Å². The van der Waals surface area contributed by atoms with E-state index >= 15 is 0 Å². The van der Waals surface area contributed by atoms with Gasteiger partial charge in [-0.1, -0.05) is 12.1 Å². The molecule has 1 aromatic carbocycles. The van der Waals surface area contributed by atoms with Crippen LogP contribution in [0.15, 0.2) is 18.2 Å². The molecule has 2 nitrogen and oxygen atoms in total. The van der Waals surface area contributed by atoms with E-state index in [0.717, 1.165) is 6.07 Å². The summed E-state index contributed by atoms with van der Waals surface area (Å²) < 4.78 is 50.9. The van der Waals surface area contributed by atoms with Crippen molar-refractivity contribution >= 4 is 0 Å². The Kier molecular flexibility index (Phi) is 3.88. The van der Waals surface area contributed by atoms with Crippen LogP contribution in [0.2, 0.25) is 0 Å². The second-order valence-electron chi connectivity index (χ2n) is 3.39. The SMILES string of the molecule is NCC[C@H](N)c1cccc(F)c1C(F)(F)F. The quantitative estimate of drug-likeness (QED) is 0.790. The van der Waals surface area contributed by atoms with Gasteiger partial charge in [-0.05, 0) is 24.6 Å². The van der Waals surface area contributed by atoms with E-state index in [0.29, 0.717) is 0 Å². The van der Waals surface area contributed by atoms with Gasteiger partial charge in [-0.15, -0.1) is 0 Å². The minimum Gasteiger partial charge on any atom is -0.330 e. The van der Waals surface area contributed by atoms with Crippen LogP contribution in [0.4, 0.5) is 17.6 Å². The van der Waals surface area contributed by atoms with Gasteiger partial charge in [0.2, 0.25) is 0 Å². The maximum Gasteiger partial charge on any atom is 0.419 e. The van der Waals surface area contributed by atoms with Gasteiger partial charge in [0.05, 0.1) is 5.56 Å². The molecule has 0 bridgehead atoms. The molecular formula is C10H12F4N2. The Bertz CT molecular complexity index is 362. The summed E-state index contributed by atoms with van der Waals surface area (Å²) in [5, 5.41) is 0. The van der Waals surface area contributed by atoms with Crippen LogP contribution >= 0.6 is 0 Å². The summed E-state index contributed by atoms with van der Waals surface area (Å²) in [6.45, 7) is 0.148. The summed E-state index contributed by atoms with van der Waals surface area (Å²) in [6, 6.07) is 2.24. The molecule has 4 N–H and O–H groups in total.